The Bertz CT molecular complexity index is 784. The normalized spacial score (nSPS) is 19.6. The quantitative estimate of drug-likeness (QED) is 0.903. The fourth-order valence-electron chi connectivity index (χ4n) is 2.71. The van der Waals surface area contributed by atoms with Gasteiger partial charge in [0.05, 0.1) is 24.1 Å². The maximum atomic E-state index is 12.4. The van der Waals surface area contributed by atoms with E-state index in [0.717, 1.165) is 24.2 Å². The van der Waals surface area contributed by atoms with Gasteiger partial charge in [-0.15, -0.1) is 0 Å². The molecule has 9 heteroatoms. The first-order valence-electron chi connectivity index (χ1n) is 7.43. The van der Waals surface area contributed by atoms with E-state index in [4.69, 9.17) is 0 Å². The fourth-order valence-corrected chi connectivity index (χ4v) is 4.03. The zero-order chi connectivity index (χ0) is 16.6. The van der Waals surface area contributed by atoms with Crippen LogP contribution in [-0.4, -0.2) is 57.8 Å². The molecule has 1 unspecified atom stereocenters. The summed E-state index contributed by atoms with van der Waals surface area (Å²) in [6.45, 7) is 2.42. The van der Waals surface area contributed by atoms with E-state index in [1.54, 1.807) is 26.5 Å². The van der Waals surface area contributed by atoms with Gasteiger partial charge in [0.1, 0.15) is 11.4 Å². The highest BCUT2D eigenvalue weighted by atomic mass is 32.2. The van der Waals surface area contributed by atoms with Gasteiger partial charge >= 0.3 is 0 Å². The molecule has 0 aliphatic carbocycles. The summed E-state index contributed by atoms with van der Waals surface area (Å²) in [4.78, 5) is 8.82. The summed E-state index contributed by atoms with van der Waals surface area (Å²) in [6.07, 6.45) is 4.86. The van der Waals surface area contributed by atoms with E-state index < -0.39 is 10.2 Å². The lowest BCUT2D eigenvalue weighted by molar-refractivity contribution is 0.357. The van der Waals surface area contributed by atoms with Crippen LogP contribution in [0, 0.1) is 6.92 Å². The van der Waals surface area contributed by atoms with E-state index in [1.165, 1.54) is 8.61 Å². The lowest BCUT2D eigenvalue weighted by atomic mass is 10.1. The van der Waals surface area contributed by atoms with Crippen LogP contribution in [0.15, 0.2) is 18.5 Å². The van der Waals surface area contributed by atoms with Crippen molar-refractivity contribution in [1.82, 2.24) is 28.8 Å². The molecule has 0 bridgehead atoms. The number of hydrogen-bond donors (Lipinski definition) is 1. The molecule has 8 nitrogen and oxygen atoms in total. The molecule has 1 fully saturated rings. The number of hydrogen-bond acceptors (Lipinski definition) is 5. The summed E-state index contributed by atoms with van der Waals surface area (Å²) in [7, 11) is -0.369. The summed E-state index contributed by atoms with van der Waals surface area (Å²) in [5.41, 5.74) is 3.01. The van der Waals surface area contributed by atoms with Gasteiger partial charge in [-0.2, -0.15) is 22.1 Å². The van der Waals surface area contributed by atoms with Crippen LogP contribution >= 0.6 is 0 Å². The molecule has 0 amide bonds. The van der Waals surface area contributed by atoms with E-state index in [1.807, 2.05) is 13.0 Å². The number of H-pyrrole nitrogens is 1. The summed E-state index contributed by atoms with van der Waals surface area (Å²) in [6, 6.07) is 1.63. The SMILES string of the molecule is Cc1cc(-c2cnc(C3CCCN3S(=O)(=O)N(C)C)cn2)n[nH]1. The average molecular weight is 336 g/mol. The molecule has 1 aliphatic heterocycles. The van der Waals surface area contributed by atoms with Crippen LogP contribution in [0.1, 0.15) is 30.3 Å². The molecule has 0 aromatic carbocycles. The van der Waals surface area contributed by atoms with Crippen molar-refractivity contribution in [3.63, 3.8) is 0 Å². The third kappa shape index (κ3) is 2.99. The van der Waals surface area contributed by atoms with Gasteiger partial charge in [0.2, 0.25) is 0 Å². The van der Waals surface area contributed by atoms with Gasteiger partial charge in [0.25, 0.3) is 10.2 Å². The molecular weight excluding hydrogens is 316 g/mol. The molecule has 23 heavy (non-hydrogen) atoms. The highest BCUT2D eigenvalue weighted by Gasteiger charge is 2.37. The second-order valence-corrected chi connectivity index (χ2v) is 7.92. The van der Waals surface area contributed by atoms with Gasteiger partial charge < -0.3 is 0 Å². The summed E-state index contributed by atoms with van der Waals surface area (Å²) >= 11 is 0. The molecule has 0 radical (unpaired) electrons. The minimum absolute atomic E-state index is 0.259. The number of aryl methyl sites for hydroxylation is 1. The first-order valence-corrected chi connectivity index (χ1v) is 8.83. The minimum Gasteiger partial charge on any atom is -0.282 e. The Morgan fingerprint density at radius 2 is 2.04 bits per heavy atom. The van der Waals surface area contributed by atoms with Crippen molar-refractivity contribution in [2.24, 2.45) is 0 Å². The molecule has 3 heterocycles. The molecule has 1 saturated heterocycles. The predicted molar refractivity (Wildman–Crippen MR) is 85.6 cm³/mol. The molecule has 1 N–H and O–H groups in total. The molecule has 2 aromatic heterocycles. The van der Waals surface area contributed by atoms with Gasteiger partial charge in [0, 0.05) is 26.3 Å². The second kappa shape index (κ2) is 5.99. The standard InChI is InChI=1S/C14H20N6O2S/c1-10-7-11(18-17-10)12-8-16-13(9-15-12)14-5-4-6-20(14)23(21,22)19(2)3/h7-9,14H,4-6H2,1-3H3,(H,17,18). The second-order valence-electron chi connectivity index (χ2n) is 5.82. The number of nitrogens with zero attached hydrogens (tertiary/aromatic N) is 5. The lowest BCUT2D eigenvalue weighted by Crippen LogP contribution is -2.39. The molecule has 0 saturated carbocycles. The number of nitrogens with one attached hydrogen (secondary N) is 1. The number of rotatable bonds is 4. The van der Waals surface area contributed by atoms with E-state index in [2.05, 4.69) is 20.2 Å². The van der Waals surface area contributed by atoms with E-state index in [-0.39, 0.29) is 6.04 Å². The molecule has 2 aromatic rings. The Labute approximate surface area is 135 Å². The van der Waals surface area contributed by atoms with Crippen molar-refractivity contribution in [1.29, 1.82) is 0 Å². The summed E-state index contributed by atoms with van der Waals surface area (Å²) in [5, 5.41) is 7.02. The first kappa shape index (κ1) is 16.0. The largest absolute Gasteiger partial charge is 0.282 e. The smallest absolute Gasteiger partial charge is 0.282 e. The highest BCUT2D eigenvalue weighted by Crippen LogP contribution is 2.33. The summed E-state index contributed by atoms with van der Waals surface area (Å²) in [5.74, 6) is 0. The highest BCUT2D eigenvalue weighted by molar-refractivity contribution is 7.86. The molecule has 3 rings (SSSR count). The van der Waals surface area contributed by atoms with Crippen LogP contribution in [0.5, 0.6) is 0 Å². The minimum atomic E-state index is -3.45. The van der Waals surface area contributed by atoms with Gasteiger partial charge in [-0.3, -0.25) is 15.1 Å². The first-order chi connectivity index (χ1) is 10.9. The van der Waals surface area contributed by atoms with Crippen molar-refractivity contribution >= 4 is 10.2 Å². The third-order valence-corrected chi connectivity index (χ3v) is 5.90. The Morgan fingerprint density at radius 1 is 1.26 bits per heavy atom. The Kier molecular flexibility index (Phi) is 4.17. The molecule has 124 valence electrons. The van der Waals surface area contributed by atoms with Crippen molar-refractivity contribution in [2.45, 2.75) is 25.8 Å². The van der Waals surface area contributed by atoms with Gasteiger partial charge in [0.15, 0.2) is 0 Å². The van der Waals surface area contributed by atoms with Crippen LogP contribution in [0.4, 0.5) is 0 Å². The third-order valence-electron chi connectivity index (χ3n) is 3.94. The van der Waals surface area contributed by atoms with E-state index in [0.29, 0.717) is 17.9 Å². The van der Waals surface area contributed by atoms with Crippen LogP contribution in [0.3, 0.4) is 0 Å². The van der Waals surface area contributed by atoms with Crippen molar-refractivity contribution in [3.05, 3.63) is 29.8 Å². The Morgan fingerprint density at radius 3 is 2.61 bits per heavy atom. The molecular formula is C14H20N6O2S. The van der Waals surface area contributed by atoms with E-state index >= 15 is 0 Å². The monoisotopic (exact) mass is 336 g/mol. The topological polar surface area (TPSA) is 95.1 Å². The van der Waals surface area contributed by atoms with Crippen LogP contribution in [-0.2, 0) is 10.2 Å². The van der Waals surface area contributed by atoms with Crippen LogP contribution in [0.2, 0.25) is 0 Å². The van der Waals surface area contributed by atoms with Gasteiger partial charge in [-0.25, -0.2) is 0 Å². The van der Waals surface area contributed by atoms with E-state index in [9.17, 15) is 8.42 Å². The number of aromatic amines is 1. The van der Waals surface area contributed by atoms with Gasteiger partial charge in [-0.05, 0) is 25.8 Å². The average Bonchev–Trinajstić information content (AvgIpc) is 3.16. The van der Waals surface area contributed by atoms with Gasteiger partial charge in [-0.1, -0.05) is 0 Å². The molecule has 0 spiro atoms. The van der Waals surface area contributed by atoms with Crippen LogP contribution in [0.25, 0.3) is 11.4 Å². The number of aromatic nitrogens is 4. The van der Waals surface area contributed by atoms with Crippen molar-refractivity contribution in [2.75, 3.05) is 20.6 Å². The summed E-state index contributed by atoms with van der Waals surface area (Å²) < 4.78 is 27.5. The molecule has 1 aliphatic rings. The zero-order valence-corrected chi connectivity index (χ0v) is 14.2. The fraction of sp³-hybridized carbons (Fsp3) is 0.500. The maximum Gasteiger partial charge on any atom is 0.282 e. The van der Waals surface area contributed by atoms with Crippen molar-refractivity contribution in [3.8, 4) is 11.4 Å². The van der Waals surface area contributed by atoms with Crippen molar-refractivity contribution < 1.29 is 8.42 Å². The Hall–Kier alpha value is -1.84. The predicted octanol–water partition coefficient (Wildman–Crippen LogP) is 1.12. The Balaban J connectivity index is 1.87. The lowest BCUT2D eigenvalue weighted by Gasteiger charge is -2.26. The molecule has 1 atom stereocenters. The zero-order valence-electron chi connectivity index (χ0n) is 13.4. The maximum absolute atomic E-state index is 12.4. The van der Waals surface area contributed by atoms with Crippen LogP contribution < -0.4 is 0 Å².